The first-order valence-electron chi connectivity index (χ1n) is 11.0. The molecule has 35 heavy (non-hydrogen) atoms. The molecule has 13 heteroatoms. The Morgan fingerprint density at radius 1 is 1.11 bits per heavy atom. The van der Waals surface area contributed by atoms with Gasteiger partial charge in [-0.2, -0.15) is 31.4 Å². The van der Waals surface area contributed by atoms with Gasteiger partial charge in [0.05, 0.1) is 48.3 Å². The molecule has 4 rings (SSSR count). The minimum atomic E-state index is -4.97. The highest BCUT2D eigenvalue weighted by Gasteiger charge is 2.37. The number of fused-ring (bicyclic) bond motifs is 1. The monoisotopic (exact) mass is 506 g/mol. The van der Waals surface area contributed by atoms with Gasteiger partial charge in [0.2, 0.25) is 0 Å². The fourth-order valence-corrected chi connectivity index (χ4v) is 3.96. The standard InChI is InChI=1S/C22H24F6N4O3/c1-13(29-17-11-34-12-17)19-8-18-9-31(3-2-4-32(18)30-19)20(33)35-10-14-5-15(21(23,24)25)7-16(6-14)22(26,27)28/h5-8,13,17,29H,2-4,9-12H2,1H3. The first-order valence-corrected chi connectivity index (χ1v) is 11.0. The smallest absolute Gasteiger partial charge is 0.416 e. The van der Waals surface area contributed by atoms with E-state index in [1.165, 1.54) is 4.90 Å². The molecule has 7 nitrogen and oxygen atoms in total. The topological polar surface area (TPSA) is 68.6 Å². The van der Waals surface area contributed by atoms with Gasteiger partial charge < -0.3 is 19.7 Å². The van der Waals surface area contributed by atoms with Gasteiger partial charge in [-0.3, -0.25) is 4.68 Å². The third kappa shape index (κ3) is 6.07. The molecule has 1 aromatic carbocycles. The van der Waals surface area contributed by atoms with Crippen LogP contribution >= 0.6 is 0 Å². The van der Waals surface area contributed by atoms with Crippen molar-refractivity contribution in [3.05, 3.63) is 52.3 Å². The number of carbonyl (C=O) groups excluding carboxylic acids is 1. The SMILES string of the molecule is CC(NC1COC1)c1cc2n(n1)CCCN(C(=O)OCc1cc(C(F)(F)F)cc(C(F)(F)F)c1)C2. The van der Waals surface area contributed by atoms with Gasteiger partial charge in [-0.1, -0.05) is 0 Å². The highest BCUT2D eigenvalue weighted by Crippen LogP contribution is 2.36. The van der Waals surface area contributed by atoms with Crippen LogP contribution in [0.5, 0.6) is 0 Å². The second-order valence-electron chi connectivity index (χ2n) is 8.65. The molecule has 1 unspecified atom stereocenters. The van der Waals surface area contributed by atoms with Crippen molar-refractivity contribution in [3.8, 4) is 0 Å². The molecule has 3 heterocycles. The maximum atomic E-state index is 13.1. The molecule has 2 aromatic rings. The zero-order chi connectivity index (χ0) is 25.4. The number of halogens is 6. The van der Waals surface area contributed by atoms with Gasteiger partial charge in [0.1, 0.15) is 6.61 Å². The maximum Gasteiger partial charge on any atom is 0.416 e. The molecule has 2 aliphatic rings. The number of aromatic nitrogens is 2. The summed E-state index contributed by atoms with van der Waals surface area (Å²) in [7, 11) is 0. The molecule has 1 atom stereocenters. The van der Waals surface area contributed by atoms with E-state index in [9.17, 15) is 31.1 Å². The first-order chi connectivity index (χ1) is 16.4. The Labute approximate surface area is 197 Å². The average molecular weight is 506 g/mol. The average Bonchev–Trinajstić information content (AvgIpc) is 3.04. The highest BCUT2D eigenvalue weighted by atomic mass is 19.4. The van der Waals surface area contributed by atoms with E-state index in [2.05, 4.69) is 10.4 Å². The Morgan fingerprint density at radius 2 is 1.77 bits per heavy atom. The number of benzene rings is 1. The summed E-state index contributed by atoms with van der Waals surface area (Å²) in [6.45, 7) is 3.53. The van der Waals surface area contributed by atoms with Crippen molar-refractivity contribution in [2.75, 3.05) is 19.8 Å². The number of carbonyl (C=O) groups is 1. The molecule has 1 aromatic heterocycles. The molecule has 0 bridgehead atoms. The van der Waals surface area contributed by atoms with Crippen molar-refractivity contribution >= 4 is 6.09 Å². The van der Waals surface area contributed by atoms with Crippen molar-refractivity contribution < 1.29 is 40.6 Å². The molecule has 1 saturated heterocycles. The first kappa shape index (κ1) is 25.3. The molecule has 0 radical (unpaired) electrons. The number of alkyl halides is 6. The number of hydrogen-bond acceptors (Lipinski definition) is 5. The molecule has 0 spiro atoms. The van der Waals surface area contributed by atoms with E-state index in [1.807, 2.05) is 13.0 Å². The summed E-state index contributed by atoms with van der Waals surface area (Å²) >= 11 is 0. The zero-order valence-corrected chi connectivity index (χ0v) is 18.7. The second kappa shape index (κ2) is 9.69. The van der Waals surface area contributed by atoms with E-state index in [0.29, 0.717) is 44.9 Å². The summed E-state index contributed by atoms with van der Waals surface area (Å²) in [5.74, 6) is 0. The van der Waals surface area contributed by atoms with Crippen molar-refractivity contribution in [2.45, 2.75) is 57.5 Å². The van der Waals surface area contributed by atoms with E-state index in [1.54, 1.807) is 4.68 Å². The summed E-state index contributed by atoms with van der Waals surface area (Å²) in [4.78, 5) is 14.0. The maximum absolute atomic E-state index is 13.1. The molecule has 1 N–H and O–H groups in total. The number of rotatable bonds is 5. The van der Waals surface area contributed by atoms with Crippen molar-refractivity contribution in [2.24, 2.45) is 0 Å². The lowest BCUT2D eigenvalue weighted by molar-refractivity contribution is -0.143. The largest absolute Gasteiger partial charge is 0.445 e. The summed E-state index contributed by atoms with van der Waals surface area (Å²) in [5, 5.41) is 7.99. The molecule has 0 aliphatic carbocycles. The van der Waals surface area contributed by atoms with E-state index in [0.717, 1.165) is 11.4 Å². The predicted octanol–water partition coefficient (Wildman–Crippen LogP) is 4.51. The number of nitrogens with zero attached hydrogens (tertiary/aromatic N) is 3. The van der Waals surface area contributed by atoms with Gasteiger partial charge in [-0.15, -0.1) is 0 Å². The highest BCUT2D eigenvalue weighted by molar-refractivity contribution is 5.67. The Balaban J connectivity index is 1.42. The lowest BCUT2D eigenvalue weighted by Crippen LogP contribution is -2.46. The fourth-order valence-electron chi connectivity index (χ4n) is 3.96. The summed E-state index contributed by atoms with van der Waals surface area (Å²) < 4.78 is 90.4. The quantitative estimate of drug-likeness (QED) is 0.605. The lowest BCUT2D eigenvalue weighted by Gasteiger charge is -2.29. The van der Waals surface area contributed by atoms with Gasteiger partial charge >= 0.3 is 18.4 Å². The number of amides is 1. The minimum Gasteiger partial charge on any atom is -0.445 e. The van der Waals surface area contributed by atoms with Gasteiger partial charge in [0, 0.05) is 19.1 Å². The Kier molecular flexibility index (Phi) is 7.00. The molecule has 0 saturated carbocycles. The van der Waals surface area contributed by atoms with Gasteiger partial charge in [0.15, 0.2) is 0 Å². The number of nitrogens with one attached hydrogen (secondary N) is 1. The Hall–Kier alpha value is -2.80. The lowest BCUT2D eigenvalue weighted by atomic mass is 10.1. The molecular weight excluding hydrogens is 482 g/mol. The Morgan fingerprint density at radius 3 is 2.34 bits per heavy atom. The summed E-state index contributed by atoms with van der Waals surface area (Å²) in [5.41, 5.74) is -1.76. The van der Waals surface area contributed by atoms with Crippen LogP contribution in [0.3, 0.4) is 0 Å². The minimum absolute atomic E-state index is 0.0344. The number of hydrogen-bond donors (Lipinski definition) is 1. The van der Waals surface area contributed by atoms with Crippen LogP contribution < -0.4 is 5.32 Å². The van der Waals surface area contributed by atoms with Crippen LogP contribution in [0.15, 0.2) is 24.3 Å². The molecule has 2 aliphatic heterocycles. The van der Waals surface area contributed by atoms with Crippen LogP contribution in [0.2, 0.25) is 0 Å². The zero-order valence-electron chi connectivity index (χ0n) is 18.7. The summed E-state index contributed by atoms with van der Waals surface area (Å²) in [6, 6.07) is 3.22. The van der Waals surface area contributed by atoms with Crippen molar-refractivity contribution in [1.82, 2.24) is 20.0 Å². The van der Waals surface area contributed by atoms with Crippen LogP contribution in [0.25, 0.3) is 0 Å². The van der Waals surface area contributed by atoms with Gasteiger partial charge in [-0.25, -0.2) is 4.79 Å². The fraction of sp³-hybridized carbons (Fsp3) is 0.545. The van der Waals surface area contributed by atoms with E-state index < -0.39 is 41.7 Å². The van der Waals surface area contributed by atoms with Crippen LogP contribution in [-0.2, 0) is 41.5 Å². The van der Waals surface area contributed by atoms with Crippen LogP contribution in [-0.4, -0.2) is 46.6 Å². The molecular formula is C22H24F6N4O3. The molecule has 1 fully saturated rings. The predicted molar refractivity (Wildman–Crippen MR) is 110 cm³/mol. The molecule has 1 amide bonds. The van der Waals surface area contributed by atoms with E-state index in [-0.39, 0.29) is 24.7 Å². The third-order valence-corrected chi connectivity index (χ3v) is 5.87. The van der Waals surface area contributed by atoms with Crippen molar-refractivity contribution in [3.63, 3.8) is 0 Å². The van der Waals surface area contributed by atoms with Crippen molar-refractivity contribution in [1.29, 1.82) is 0 Å². The van der Waals surface area contributed by atoms with Crippen LogP contribution in [0, 0.1) is 0 Å². The Bertz CT molecular complexity index is 1030. The van der Waals surface area contributed by atoms with Crippen LogP contribution in [0.1, 0.15) is 47.5 Å². The van der Waals surface area contributed by atoms with Gasteiger partial charge in [-0.05, 0) is 43.2 Å². The normalized spacial score (nSPS) is 18.0. The van der Waals surface area contributed by atoms with E-state index in [4.69, 9.17) is 9.47 Å². The molecule has 192 valence electrons. The summed E-state index contributed by atoms with van der Waals surface area (Å²) in [6.07, 6.45) is -10.2. The van der Waals surface area contributed by atoms with Gasteiger partial charge in [0.25, 0.3) is 0 Å². The van der Waals surface area contributed by atoms with E-state index >= 15 is 0 Å². The number of aryl methyl sites for hydroxylation is 1. The second-order valence-corrected chi connectivity index (χ2v) is 8.65. The third-order valence-electron chi connectivity index (χ3n) is 5.87. The number of ether oxygens (including phenoxy) is 2. The van der Waals surface area contributed by atoms with Crippen LogP contribution in [0.4, 0.5) is 31.1 Å².